The molecule has 0 saturated heterocycles. The summed E-state index contributed by atoms with van der Waals surface area (Å²) in [5.74, 6) is -0.400. The van der Waals surface area contributed by atoms with Crippen molar-refractivity contribution in [3.63, 3.8) is 0 Å². The highest BCUT2D eigenvalue weighted by atomic mass is 35.5. The van der Waals surface area contributed by atoms with Gasteiger partial charge in [0.05, 0.1) is 16.8 Å². The summed E-state index contributed by atoms with van der Waals surface area (Å²) in [4.78, 5) is 43.7. The summed E-state index contributed by atoms with van der Waals surface area (Å²) in [5.41, 5.74) is 5.64. The van der Waals surface area contributed by atoms with Crippen molar-refractivity contribution in [2.75, 3.05) is 42.1 Å². The number of rotatable bonds is 9. The van der Waals surface area contributed by atoms with E-state index in [1.54, 1.807) is 48.5 Å². The molecule has 1 aliphatic heterocycles. The van der Waals surface area contributed by atoms with Crippen LogP contribution in [0.15, 0.2) is 42.5 Å². The largest absolute Gasteiger partial charge is 0.358 e. The molecule has 1 aliphatic rings. The molecule has 9 nitrogen and oxygen atoms in total. The molecule has 0 saturated carbocycles. The Hall–Kier alpha value is -4.08. The molecule has 2 aromatic carbocycles. The summed E-state index contributed by atoms with van der Waals surface area (Å²) in [5, 5.41) is 11.9. The molecule has 0 bridgehead atoms. The van der Waals surface area contributed by atoms with Gasteiger partial charge < -0.3 is 31.2 Å². The quantitative estimate of drug-likeness (QED) is 0.227. The fourth-order valence-electron chi connectivity index (χ4n) is 4.63. The number of carbonyl (C=O) groups excluding carboxylic acids is 3. The molecule has 3 aromatic rings. The van der Waals surface area contributed by atoms with Crippen molar-refractivity contribution >= 4 is 58.2 Å². The average molecular weight is 549 g/mol. The zero-order valence-electron chi connectivity index (χ0n) is 22.5. The van der Waals surface area contributed by atoms with Crippen molar-refractivity contribution in [3.8, 4) is 0 Å². The molecule has 4 amide bonds. The summed E-state index contributed by atoms with van der Waals surface area (Å²) >= 11 is 5.97. The third kappa shape index (κ3) is 6.50. The molecule has 0 atom stereocenters. The Balaban J connectivity index is 1.48. The number of amides is 4. The third-order valence-corrected chi connectivity index (χ3v) is 6.98. The topological polar surface area (TPSA) is 118 Å². The molecule has 0 fully saturated rings. The molecular weight excluding hydrogens is 516 g/mol. The number of fused-ring (bicyclic) bond motifs is 1. The molecular formula is C29H33ClN6O3. The lowest BCUT2D eigenvalue weighted by Gasteiger charge is -2.18. The molecule has 39 heavy (non-hydrogen) atoms. The molecule has 0 aliphatic carbocycles. The molecule has 204 valence electrons. The first-order chi connectivity index (χ1) is 18.7. The van der Waals surface area contributed by atoms with Gasteiger partial charge in [0.25, 0.3) is 11.8 Å². The van der Waals surface area contributed by atoms with Crippen molar-refractivity contribution in [1.82, 2.24) is 15.2 Å². The van der Waals surface area contributed by atoms with Crippen molar-refractivity contribution in [1.29, 1.82) is 0 Å². The lowest BCUT2D eigenvalue weighted by Crippen LogP contribution is -2.35. The Morgan fingerprint density at radius 1 is 1.03 bits per heavy atom. The summed E-state index contributed by atoms with van der Waals surface area (Å²) in [7, 11) is 0. The molecule has 5 N–H and O–H groups in total. The maximum absolute atomic E-state index is 12.9. The van der Waals surface area contributed by atoms with Crippen LogP contribution in [0.1, 0.15) is 46.7 Å². The van der Waals surface area contributed by atoms with Crippen LogP contribution in [0.25, 0.3) is 11.6 Å². The first kappa shape index (κ1) is 27.9. The van der Waals surface area contributed by atoms with Gasteiger partial charge in [-0.1, -0.05) is 37.6 Å². The fraction of sp³-hybridized carbons (Fsp3) is 0.276. The molecule has 2 heterocycles. The Labute approximate surface area is 233 Å². The summed E-state index contributed by atoms with van der Waals surface area (Å²) in [6.07, 6.45) is 1.76. The van der Waals surface area contributed by atoms with Crippen molar-refractivity contribution in [2.24, 2.45) is 0 Å². The second-order valence-electron chi connectivity index (χ2n) is 9.31. The number of benzene rings is 2. The summed E-state index contributed by atoms with van der Waals surface area (Å²) in [6.45, 7) is 11.1. The number of hydrogen-bond donors (Lipinski definition) is 5. The number of aromatic amines is 1. The van der Waals surface area contributed by atoms with E-state index in [0.29, 0.717) is 51.0 Å². The number of nitrogens with one attached hydrogen (secondary N) is 5. The molecule has 1 aromatic heterocycles. The molecule has 4 rings (SSSR count). The van der Waals surface area contributed by atoms with Gasteiger partial charge in [0, 0.05) is 46.4 Å². The lowest BCUT2D eigenvalue weighted by atomic mass is 10.0. The van der Waals surface area contributed by atoms with Gasteiger partial charge in [-0.3, -0.25) is 9.59 Å². The minimum atomic E-state index is -0.433. The highest BCUT2D eigenvalue weighted by molar-refractivity contribution is 6.35. The SMILES string of the molecule is CCN(CC)CCNC(=O)c1c(C)[nH]c(/C=C2\C(=O)Nc3cc(NC(=O)Nc4cccc(Cl)c4)ccc32)c1C. The van der Waals surface area contributed by atoms with Gasteiger partial charge in [-0.25, -0.2) is 4.79 Å². The second-order valence-corrected chi connectivity index (χ2v) is 9.74. The number of likely N-dealkylation sites (N-methyl/N-ethyl adjacent to an activating group) is 1. The van der Waals surface area contributed by atoms with Crippen LogP contribution in [0.3, 0.4) is 0 Å². The van der Waals surface area contributed by atoms with Crippen molar-refractivity contribution in [2.45, 2.75) is 27.7 Å². The number of aryl methyl sites for hydroxylation is 1. The number of carbonyl (C=O) groups is 3. The average Bonchev–Trinajstić information content (AvgIpc) is 3.35. The van der Waals surface area contributed by atoms with Gasteiger partial charge >= 0.3 is 6.03 Å². The second kappa shape index (κ2) is 12.2. The van der Waals surface area contributed by atoms with Crippen LogP contribution >= 0.6 is 11.6 Å². The van der Waals surface area contributed by atoms with E-state index in [1.807, 2.05) is 13.8 Å². The first-order valence-corrected chi connectivity index (χ1v) is 13.3. The van der Waals surface area contributed by atoms with Gasteiger partial charge in [0.1, 0.15) is 0 Å². The normalized spacial score (nSPS) is 13.4. The van der Waals surface area contributed by atoms with Crippen molar-refractivity contribution in [3.05, 3.63) is 75.6 Å². The Morgan fingerprint density at radius 3 is 2.44 bits per heavy atom. The van der Waals surface area contributed by atoms with E-state index in [1.165, 1.54) is 0 Å². The predicted molar refractivity (Wildman–Crippen MR) is 157 cm³/mol. The zero-order chi connectivity index (χ0) is 28.1. The number of urea groups is 1. The monoisotopic (exact) mass is 548 g/mol. The molecule has 10 heteroatoms. The standard InChI is InChI=1S/C29H33ClN6O3/c1-5-36(6-2)13-12-31-28(38)26-17(3)24(32-18(26)4)16-23-22-11-10-21(15-25(22)35-27(23)37)34-29(39)33-20-9-7-8-19(30)14-20/h7-11,14-16,32H,5-6,12-13H2,1-4H3,(H,31,38)(H,35,37)(H2,33,34,39)/b23-16-. The van der Waals surface area contributed by atoms with Crippen LogP contribution in [-0.2, 0) is 4.79 Å². The number of anilines is 3. The predicted octanol–water partition coefficient (Wildman–Crippen LogP) is 5.49. The number of halogens is 1. The first-order valence-electron chi connectivity index (χ1n) is 12.9. The summed E-state index contributed by atoms with van der Waals surface area (Å²) < 4.78 is 0. The third-order valence-electron chi connectivity index (χ3n) is 6.74. The van der Waals surface area contributed by atoms with Gasteiger partial charge in [-0.05, 0) is 68.9 Å². The Bertz CT molecular complexity index is 1440. The van der Waals surface area contributed by atoms with Crippen LogP contribution in [0.2, 0.25) is 5.02 Å². The molecule has 0 radical (unpaired) electrons. The van der Waals surface area contributed by atoms with Crippen LogP contribution in [-0.4, -0.2) is 53.9 Å². The van der Waals surface area contributed by atoms with Gasteiger partial charge in [-0.2, -0.15) is 0 Å². The lowest BCUT2D eigenvalue weighted by molar-refractivity contribution is -0.110. The summed E-state index contributed by atoms with van der Waals surface area (Å²) in [6, 6.07) is 11.6. The van der Waals surface area contributed by atoms with Crippen molar-refractivity contribution < 1.29 is 14.4 Å². The minimum absolute atomic E-state index is 0.138. The van der Waals surface area contributed by atoms with Gasteiger partial charge in [0.15, 0.2) is 0 Å². The maximum atomic E-state index is 12.9. The van der Waals surface area contributed by atoms with Gasteiger partial charge in [0.2, 0.25) is 0 Å². The smallest absolute Gasteiger partial charge is 0.323 e. The van der Waals surface area contributed by atoms with E-state index in [0.717, 1.165) is 30.9 Å². The number of H-pyrrole nitrogens is 1. The highest BCUT2D eigenvalue weighted by Gasteiger charge is 2.26. The van der Waals surface area contributed by atoms with Crippen LogP contribution in [0.4, 0.5) is 21.9 Å². The zero-order valence-corrected chi connectivity index (χ0v) is 23.3. The highest BCUT2D eigenvalue weighted by Crippen LogP contribution is 2.36. The number of aromatic nitrogens is 1. The number of hydrogen-bond acceptors (Lipinski definition) is 4. The molecule has 0 spiro atoms. The Morgan fingerprint density at radius 2 is 1.74 bits per heavy atom. The van der Waals surface area contributed by atoms with Gasteiger partial charge in [-0.15, -0.1) is 0 Å². The van der Waals surface area contributed by atoms with E-state index < -0.39 is 6.03 Å². The van der Waals surface area contributed by atoms with E-state index in [2.05, 4.69) is 45.0 Å². The van der Waals surface area contributed by atoms with E-state index in [9.17, 15) is 14.4 Å². The fourth-order valence-corrected chi connectivity index (χ4v) is 4.82. The molecule has 0 unspecified atom stereocenters. The Kier molecular flexibility index (Phi) is 8.73. The maximum Gasteiger partial charge on any atom is 0.323 e. The van der Waals surface area contributed by atoms with Crippen LogP contribution in [0.5, 0.6) is 0 Å². The van der Waals surface area contributed by atoms with Crippen LogP contribution in [0, 0.1) is 13.8 Å². The number of nitrogens with zero attached hydrogens (tertiary/aromatic N) is 1. The van der Waals surface area contributed by atoms with Crippen LogP contribution < -0.4 is 21.3 Å². The van der Waals surface area contributed by atoms with E-state index in [4.69, 9.17) is 11.6 Å². The minimum Gasteiger partial charge on any atom is -0.358 e. The van der Waals surface area contributed by atoms with E-state index in [-0.39, 0.29) is 11.8 Å². The van der Waals surface area contributed by atoms with E-state index >= 15 is 0 Å².